The van der Waals surface area contributed by atoms with Crippen LogP contribution in [-0.2, 0) is 10.2 Å². The van der Waals surface area contributed by atoms with Crippen LogP contribution in [0.5, 0.6) is 0 Å². The van der Waals surface area contributed by atoms with Crippen LogP contribution in [0.2, 0.25) is 0 Å². The van der Waals surface area contributed by atoms with Crippen molar-refractivity contribution in [3.05, 3.63) is 34.7 Å². The van der Waals surface area contributed by atoms with E-state index < -0.39 is 10.2 Å². The number of hydrogen-bond acceptors (Lipinski definition) is 3. The van der Waals surface area contributed by atoms with Crippen molar-refractivity contribution in [1.29, 1.82) is 0 Å². The molecule has 0 aromatic carbocycles. The molecule has 0 N–H and O–H groups in total. The van der Waals surface area contributed by atoms with Gasteiger partial charge >= 0.3 is 10.2 Å². The normalized spacial score (nSPS) is 18.5. The first-order chi connectivity index (χ1) is 7.93. The Morgan fingerprint density at radius 3 is 2.88 bits per heavy atom. The highest BCUT2D eigenvalue weighted by molar-refractivity contribution is 9.10. The zero-order chi connectivity index (χ0) is 12.6. The minimum atomic E-state index is -3.48. The van der Waals surface area contributed by atoms with Gasteiger partial charge in [-0.15, -0.1) is 0 Å². The van der Waals surface area contributed by atoms with Crippen LogP contribution in [0.4, 0.5) is 5.69 Å². The lowest BCUT2D eigenvalue weighted by Gasteiger charge is -2.31. The monoisotopic (exact) mass is 317 g/mol. The highest BCUT2D eigenvalue weighted by Gasteiger charge is 2.29. The van der Waals surface area contributed by atoms with Crippen molar-refractivity contribution in [2.24, 2.45) is 0 Å². The molecule has 2 rings (SSSR count). The number of rotatable bonds is 1. The Balaban J connectivity index is 2.54. The molecular weight excluding hydrogens is 306 g/mol. The number of hydrogen-bond donors (Lipinski definition) is 0. The molecule has 0 spiro atoms. The first-order valence-corrected chi connectivity index (χ1v) is 7.16. The number of halogens is 1. The fourth-order valence-electron chi connectivity index (χ4n) is 1.59. The summed E-state index contributed by atoms with van der Waals surface area (Å²) in [5.41, 5.74) is 1.27. The molecule has 1 aliphatic rings. The summed E-state index contributed by atoms with van der Waals surface area (Å²) in [7, 11) is -1.96. The van der Waals surface area contributed by atoms with Gasteiger partial charge in [-0.25, -0.2) is 4.31 Å². The van der Waals surface area contributed by atoms with E-state index in [4.69, 9.17) is 0 Å². The third-order valence-electron chi connectivity index (χ3n) is 2.52. The summed E-state index contributed by atoms with van der Waals surface area (Å²) >= 11 is 3.30. The van der Waals surface area contributed by atoms with Crippen LogP contribution in [0.1, 0.15) is 5.69 Å². The van der Waals surface area contributed by atoms with Gasteiger partial charge in [-0.1, -0.05) is 0 Å². The maximum absolute atomic E-state index is 12.1. The summed E-state index contributed by atoms with van der Waals surface area (Å²) in [6.07, 6.45) is 4.99. The molecule has 92 valence electrons. The third-order valence-corrected chi connectivity index (χ3v) is 4.71. The van der Waals surface area contributed by atoms with Gasteiger partial charge in [0.05, 0.1) is 17.9 Å². The Labute approximate surface area is 109 Å². The lowest BCUT2D eigenvalue weighted by molar-refractivity contribution is 0.529. The SMILES string of the molecule is Cc1ncc(Br)cc1N1CC=CN(C)S1(=O)=O. The minimum absolute atomic E-state index is 0.325. The van der Waals surface area contributed by atoms with Crippen LogP contribution in [0, 0.1) is 6.92 Å². The second-order valence-corrected chi connectivity index (χ2v) is 6.53. The van der Waals surface area contributed by atoms with Crippen LogP contribution in [0.15, 0.2) is 29.0 Å². The summed E-state index contributed by atoms with van der Waals surface area (Å²) in [5.74, 6) is 0. The topological polar surface area (TPSA) is 53.5 Å². The van der Waals surface area contributed by atoms with E-state index in [0.29, 0.717) is 17.9 Å². The number of nitrogens with zero attached hydrogens (tertiary/aromatic N) is 3. The number of pyridine rings is 1. The summed E-state index contributed by atoms with van der Waals surface area (Å²) < 4.78 is 27.5. The Bertz CT molecular complexity index is 571. The van der Waals surface area contributed by atoms with Crippen LogP contribution in [0.25, 0.3) is 0 Å². The molecule has 5 nitrogen and oxygen atoms in total. The van der Waals surface area contributed by atoms with Crippen molar-refractivity contribution >= 4 is 31.8 Å². The smallest absolute Gasteiger partial charge is 0.264 e. The van der Waals surface area contributed by atoms with Gasteiger partial charge in [0.1, 0.15) is 0 Å². The number of aryl methyl sites for hydroxylation is 1. The highest BCUT2D eigenvalue weighted by atomic mass is 79.9. The first-order valence-electron chi connectivity index (χ1n) is 4.97. The highest BCUT2D eigenvalue weighted by Crippen LogP contribution is 2.27. The van der Waals surface area contributed by atoms with Crippen molar-refractivity contribution in [2.45, 2.75) is 6.92 Å². The zero-order valence-electron chi connectivity index (χ0n) is 9.46. The molecule has 0 unspecified atom stereocenters. The van der Waals surface area contributed by atoms with E-state index >= 15 is 0 Å². The first kappa shape index (κ1) is 12.4. The van der Waals surface area contributed by atoms with Crippen LogP contribution in [0.3, 0.4) is 0 Å². The Morgan fingerprint density at radius 2 is 2.18 bits per heavy atom. The van der Waals surface area contributed by atoms with E-state index in [2.05, 4.69) is 20.9 Å². The predicted octanol–water partition coefficient (Wildman–Crippen LogP) is 1.66. The van der Waals surface area contributed by atoms with Crippen LogP contribution in [-0.4, -0.2) is 31.3 Å². The summed E-state index contributed by atoms with van der Waals surface area (Å²) in [6, 6.07) is 1.76. The van der Waals surface area contributed by atoms with Gasteiger partial charge in [0, 0.05) is 23.9 Å². The van der Waals surface area contributed by atoms with Crippen molar-refractivity contribution in [1.82, 2.24) is 9.29 Å². The van der Waals surface area contributed by atoms with Crippen LogP contribution >= 0.6 is 15.9 Å². The molecule has 7 heteroatoms. The number of anilines is 1. The molecule has 1 aromatic rings. The Hall–Kier alpha value is -1.08. The van der Waals surface area contributed by atoms with Gasteiger partial charge in [-0.3, -0.25) is 9.29 Å². The molecule has 0 fully saturated rings. The standard InChI is InChI=1S/C10H12BrN3O2S/c1-8-10(6-9(11)7-12-8)14-5-3-4-13(2)17(14,15)16/h3-4,6-7H,5H2,1-2H3. The van der Waals surface area contributed by atoms with Gasteiger partial charge in [0.25, 0.3) is 0 Å². The molecule has 0 amide bonds. The van der Waals surface area contributed by atoms with Crippen molar-refractivity contribution in [3.63, 3.8) is 0 Å². The van der Waals surface area contributed by atoms with E-state index in [1.54, 1.807) is 31.5 Å². The van der Waals surface area contributed by atoms with E-state index in [1.165, 1.54) is 15.7 Å². The molecule has 1 aliphatic heterocycles. The molecule has 2 heterocycles. The molecule has 0 saturated carbocycles. The van der Waals surface area contributed by atoms with Gasteiger partial charge in [0.2, 0.25) is 0 Å². The van der Waals surface area contributed by atoms with Crippen molar-refractivity contribution < 1.29 is 8.42 Å². The predicted molar refractivity (Wildman–Crippen MR) is 69.8 cm³/mol. The maximum atomic E-state index is 12.1. The Morgan fingerprint density at radius 1 is 1.47 bits per heavy atom. The molecule has 0 aliphatic carbocycles. The molecule has 1 aromatic heterocycles. The zero-order valence-corrected chi connectivity index (χ0v) is 11.9. The minimum Gasteiger partial charge on any atom is -0.264 e. The van der Waals surface area contributed by atoms with Crippen LogP contribution < -0.4 is 4.31 Å². The summed E-state index contributed by atoms with van der Waals surface area (Å²) in [4.78, 5) is 4.15. The molecule has 0 radical (unpaired) electrons. The molecule has 0 bridgehead atoms. The van der Waals surface area contributed by atoms with E-state index in [9.17, 15) is 8.42 Å². The second-order valence-electron chi connectivity index (χ2n) is 3.70. The lowest BCUT2D eigenvalue weighted by Crippen LogP contribution is -2.43. The van der Waals surface area contributed by atoms with Crippen molar-refractivity contribution in [3.8, 4) is 0 Å². The van der Waals surface area contributed by atoms with E-state index in [1.807, 2.05) is 0 Å². The third kappa shape index (κ3) is 2.16. The molecule has 0 saturated heterocycles. The number of aromatic nitrogens is 1. The fourth-order valence-corrected chi connectivity index (χ4v) is 3.17. The molecule has 0 atom stereocenters. The largest absolute Gasteiger partial charge is 0.326 e. The molecule has 17 heavy (non-hydrogen) atoms. The fraction of sp³-hybridized carbons (Fsp3) is 0.300. The van der Waals surface area contributed by atoms with Gasteiger partial charge in [-0.2, -0.15) is 8.42 Å². The van der Waals surface area contributed by atoms with Gasteiger partial charge in [0.15, 0.2) is 0 Å². The maximum Gasteiger partial charge on any atom is 0.326 e. The van der Waals surface area contributed by atoms with Gasteiger partial charge < -0.3 is 0 Å². The lowest BCUT2D eigenvalue weighted by atomic mass is 10.3. The van der Waals surface area contributed by atoms with Crippen molar-refractivity contribution in [2.75, 3.05) is 17.9 Å². The van der Waals surface area contributed by atoms with E-state index in [-0.39, 0.29) is 0 Å². The van der Waals surface area contributed by atoms with Gasteiger partial charge in [-0.05, 0) is 35.0 Å². The summed E-state index contributed by atoms with van der Waals surface area (Å²) in [5, 5.41) is 0. The van der Waals surface area contributed by atoms with E-state index in [0.717, 1.165) is 4.47 Å². The quantitative estimate of drug-likeness (QED) is 0.791. The Kier molecular flexibility index (Phi) is 3.13. The molecular formula is C10H12BrN3O2S. The summed E-state index contributed by atoms with van der Waals surface area (Å²) in [6.45, 7) is 2.11. The second kappa shape index (κ2) is 4.30. The average molecular weight is 318 g/mol. The average Bonchev–Trinajstić information content (AvgIpc) is 2.26.